The van der Waals surface area contributed by atoms with E-state index in [9.17, 15) is 24.3 Å². The lowest BCUT2D eigenvalue weighted by molar-refractivity contribution is -0.295. The molecule has 6 rings (SSSR count). The van der Waals surface area contributed by atoms with Gasteiger partial charge < -0.3 is 43.3 Å². The van der Waals surface area contributed by atoms with Gasteiger partial charge in [0.15, 0.2) is 17.7 Å². The standard InChI is InChI=1S/C51H69N3O11/c1-12-41-51(8)45(54(49(59)65-51)23-17-16-20-36-27-52-28-37-25-38(21-22-39(36)37)61-29-35-18-14-13-15-19-35)32(4)42(55)30(2)26-50(7,60-11)46(33(5)43(56)34(6)47(58)63-41)64-48-44(57)40(53(9)10)24-31(3)62-48/h13-16,18-22,25,27-28,30-34,40-41,44-46,48,57H,12,17,23-24,26,29H2,1-11H3/b20-16+/t30-,31-,32+,33+,34-,40+,41-,44-,45-,46-,48+,50-,51-/m1/s1. The van der Waals surface area contributed by atoms with Crippen LogP contribution in [0.2, 0.25) is 0 Å². The van der Waals surface area contributed by atoms with Crippen LogP contribution in [0.4, 0.5) is 4.79 Å². The molecule has 0 bridgehead atoms. The summed E-state index contributed by atoms with van der Waals surface area (Å²) in [6.07, 6.45) is 3.69. The molecule has 3 aromatic rings. The summed E-state index contributed by atoms with van der Waals surface area (Å²) in [5.74, 6) is -4.36. The molecule has 0 unspecified atom stereocenters. The molecule has 0 spiro atoms. The monoisotopic (exact) mass is 899 g/mol. The lowest BCUT2D eigenvalue weighted by Gasteiger charge is -2.47. The molecule has 1 aromatic heterocycles. The summed E-state index contributed by atoms with van der Waals surface area (Å²) in [4.78, 5) is 65.3. The molecule has 0 saturated carbocycles. The first-order valence-corrected chi connectivity index (χ1v) is 23.0. The van der Waals surface area contributed by atoms with Crippen LogP contribution < -0.4 is 4.74 Å². The Balaban J connectivity index is 1.27. The minimum atomic E-state index is -1.44. The minimum absolute atomic E-state index is 0.112. The van der Waals surface area contributed by atoms with Crippen LogP contribution in [0.5, 0.6) is 5.75 Å². The molecular weight excluding hydrogens is 831 g/mol. The number of pyridine rings is 1. The zero-order valence-electron chi connectivity index (χ0n) is 39.9. The maximum absolute atomic E-state index is 14.8. The molecule has 2 aromatic carbocycles. The van der Waals surface area contributed by atoms with E-state index in [0.29, 0.717) is 19.4 Å². The first-order chi connectivity index (χ1) is 30.8. The normalized spacial score (nSPS) is 34.1. The number of rotatable bonds is 12. The van der Waals surface area contributed by atoms with Crippen molar-refractivity contribution < 1.29 is 52.7 Å². The van der Waals surface area contributed by atoms with Crippen molar-refractivity contribution in [3.63, 3.8) is 0 Å². The molecule has 13 atom stereocenters. The topological polar surface area (TPSA) is 163 Å². The van der Waals surface area contributed by atoms with Crippen LogP contribution >= 0.6 is 0 Å². The second kappa shape index (κ2) is 20.8. The Hall–Kier alpha value is -4.73. The maximum atomic E-state index is 14.8. The van der Waals surface area contributed by atoms with E-state index < -0.39 is 83.4 Å². The average molecular weight is 900 g/mol. The fourth-order valence-corrected chi connectivity index (χ4v) is 10.3. The van der Waals surface area contributed by atoms with Gasteiger partial charge in [-0.2, -0.15) is 0 Å². The second-order valence-corrected chi connectivity index (χ2v) is 19.0. The van der Waals surface area contributed by atoms with Crippen molar-refractivity contribution in [2.24, 2.45) is 23.7 Å². The van der Waals surface area contributed by atoms with Crippen molar-refractivity contribution in [1.29, 1.82) is 0 Å². The highest BCUT2D eigenvalue weighted by molar-refractivity contribution is 6.00. The van der Waals surface area contributed by atoms with Crippen molar-refractivity contribution in [3.8, 4) is 5.75 Å². The Morgan fingerprint density at radius 1 is 0.969 bits per heavy atom. The molecule has 354 valence electrons. The molecule has 3 aliphatic heterocycles. The number of Topliss-reactive ketones (excluding diaryl/α,β-unsaturated/α-hetero) is 2. The number of carbonyl (C=O) groups is 4. The van der Waals surface area contributed by atoms with Crippen LogP contribution in [-0.2, 0) is 44.7 Å². The number of carbonyl (C=O) groups excluding carboxylic acids is 4. The van der Waals surface area contributed by atoms with Gasteiger partial charge in [-0.15, -0.1) is 0 Å². The van der Waals surface area contributed by atoms with Gasteiger partial charge in [-0.1, -0.05) is 70.2 Å². The number of methoxy groups -OCH3 is 1. The summed E-state index contributed by atoms with van der Waals surface area (Å²) in [6, 6.07) is 14.7. The van der Waals surface area contributed by atoms with Gasteiger partial charge in [0.25, 0.3) is 0 Å². The summed E-state index contributed by atoms with van der Waals surface area (Å²) in [6.45, 7) is 14.6. The number of likely N-dealkylation sites (N-methyl/N-ethyl adjacent to an activating group) is 1. The van der Waals surface area contributed by atoms with E-state index in [1.807, 2.05) is 93.5 Å². The summed E-state index contributed by atoms with van der Waals surface area (Å²) in [5.41, 5.74) is -0.773. The van der Waals surface area contributed by atoms with Gasteiger partial charge in [-0.05, 0) is 96.6 Å². The quantitative estimate of drug-likeness (QED) is 0.141. The number of aliphatic hydroxyl groups excluding tert-OH is 1. The number of hydrogen-bond acceptors (Lipinski definition) is 13. The number of cyclic esters (lactones) is 1. The number of esters is 1. The number of amides is 1. The fraction of sp³-hybridized carbons (Fsp3) is 0.588. The predicted molar refractivity (Wildman–Crippen MR) is 246 cm³/mol. The Morgan fingerprint density at radius 2 is 1.69 bits per heavy atom. The van der Waals surface area contributed by atoms with Crippen LogP contribution in [-0.4, -0.2) is 125 Å². The highest BCUT2D eigenvalue weighted by Gasteiger charge is 2.60. The van der Waals surface area contributed by atoms with Gasteiger partial charge in [0, 0.05) is 60.8 Å². The van der Waals surface area contributed by atoms with Gasteiger partial charge in [-0.3, -0.25) is 19.4 Å². The van der Waals surface area contributed by atoms with Crippen molar-refractivity contribution in [2.75, 3.05) is 27.7 Å². The van der Waals surface area contributed by atoms with Gasteiger partial charge in [0.1, 0.15) is 36.3 Å². The first-order valence-electron chi connectivity index (χ1n) is 23.0. The predicted octanol–water partition coefficient (Wildman–Crippen LogP) is 7.42. The number of nitrogens with zero attached hydrogens (tertiary/aromatic N) is 3. The van der Waals surface area contributed by atoms with Crippen LogP contribution in [0.3, 0.4) is 0 Å². The molecule has 3 aliphatic rings. The third kappa shape index (κ3) is 10.6. The van der Waals surface area contributed by atoms with Crippen molar-refractivity contribution in [1.82, 2.24) is 14.8 Å². The molecule has 3 fully saturated rings. The Bertz CT molecular complexity index is 2180. The molecule has 1 N–H and O–H groups in total. The van der Waals surface area contributed by atoms with Gasteiger partial charge in [-0.25, -0.2) is 4.79 Å². The largest absolute Gasteiger partial charge is 0.489 e. The molecule has 3 saturated heterocycles. The lowest BCUT2D eigenvalue weighted by Crippen LogP contribution is -2.60. The summed E-state index contributed by atoms with van der Waals surface area (Å²) < 4.78 is 37.4. The van der Waals surface area contributed by atoms with E-state index in [0.717, 1.165) is 27.6 Å². The van der Waals surface area contributed by atoms with E-state index >= 15 is 0 Å². The zero-order valence-corrected chi connectivity index (χ0v) is 39.9. The van der Waals surface area contributed by atoms with E-state index in [1.54, 1.807) is 51.9 Å². The van der Waals surface area contributed by atoms with Crippen LogP contribution in [0.1, 0.15) is 92.2 Å². The molecule has 1 amide bonds. The second-order valence-electron chi connectivity index (χ2n) is 19.0. The summed E-state index contributed by atoms with van der Waals surface area (Å²) >= 11 is 0. The van der Waals surface area contributed by atoms with E-state index in [4.69, 9.17) is 28.4 Å². The lowest BCUT2D eigenvalue weighted by atomic mass is 9.73. The zero-order chi connectivity index (χ0) is 47.4. The number of ether oxygens (including phenoxy) is 6. The average Bonchev–Trinajstić information content (AvgIpc) is 3.55. The van der Waals surface area contributed by atoms with Gasteiger partial charge in [0.2, 0.25) is 0 Å². The van der Waals surface area contributed by atoms with E-state index in [1.165, 1.54) is 14.0 Å². The van der Waals surface area contributed by atoms with Crippen molar-refractivity contribution in [2.45, 2.75) is 142 Å². The van der Waals surface area contributed by atoms with Gasteiger partial charge in [0.05, 0.1) is 23.9 Å². The Morgan fingerprint density at radius 3 is 2.37 bits per heavy atom. The number of benzene rings is 2. The third-order valence-corrected chi connectivity index (χ3v) is 14.0. The highest BCUT2D eigenvalue weighted by atomic mass is 16.7. The molecule has 65 heavy (non-hydrogen) atoms. The molecule has 4 heterocycles. The Kier molecular flexibility index (Phi) is 15.9. The number of aliphatic hydroxyl groups is 1. The molecule has 14 heteroatoms. The van der Waals surface area contributed by atoms with Crippen molar-refractivity contribution >= 4 is 40.5 Å². The van der Waals surface area contributed by atoms with Gasteiger partial charge >= 0.3 is 12.1 Å². The molecule has 0 radical (unpaired) electrons. The van der Waals surface area contributed by atoms with Crippen molar-refractivity contribution in [3.05, 3.63) is 78.1 Å². The summed E-state index contributed by atoms with van der Waals surface area (Å²) in [5, 5.41) is 13.4. The van der Waals surface area contributed by atoms with Crippen LogP contribution in [0.15, 0.2) is 67.0 Å². The van der Waals surface area contributed by atoms with Crippen LogP contribution in [0.25, 0.3) is 16.8 Å². The van der Waals surface area contributed by atoms with Crippen LogP contribution in [0, 0.1) is 23.7 Å². The number of fused-ring (bicyclic) bond motifs is 2. The highest BCUT2D eigenvalue weighted by Crippen LogP contribution is 2.43. The third-order valence-electron chi connectivity index (χ3n) is 14.0. The SMILES string of the molecule is CC[C@H]1OC(=O)[C@H](C)C(=O)[C@H](C)[C@@H](O[C@@H]2O[C@H](C)C[C@H](N(C)C)[C@H]2O)[C@](C)(OC)C[C@@H](C)C(=O)[C@H](C)[C@H]2N(CC/C=C/c3cncc4cc(OCc5ccccc5)ccc34)C(=O)O[C@]12C. The number of hydrogen-bond donors (Lipinski definition) is 1. The molecule has 14 nitrogen and oxygen atoms in total. The first kappa shape index (κ1) is 49.7. The fourth-order valence-electron chi connectivity index (χ4n) is 10.3. The number of aromatic nitrogens is 1. The molecule has 0 aliphatic carbocycles. The van der Waals surface area contributed by atoms with E-state index in [2.05, 4.69) is 4.98 Å². The Labute approximate surface area is 383 Å². The minimum Gasteiger partial charge on any atom is -0.489 e. The van der Waals surface area contributed by atoms with E-state index in [-0.39, 0.29) is 37.3 Å². The smallest absolute Gasteiger partial charge is 0.410 e. The molecular formula is C51H69N3O11. The maximum Gasteiger partial charge on any atom is 0.410 e. The summed E-state index contributed by atoms with van der Waals surface area (Å²) in [7, 11) is 5.24. The number of ketones is 2.